The predicted octanol–water partition coefficient (Wildman–Crippen LogP) is 4.70. The second-order valence-electron chi connectivity index (χ2n) is 21.1. The Morgan fingerprint density at radius 2 is 0.896 bits per heavy atom. The Morgan fingerprint density at radius 1 is 0.481 bits per heavy atom. The van der Waals surface area contributed by atoms with Crippen LogP contribution in [-0.2, 0) is 33.2 Å². The molecule has 19 nitrogen and oxygen atoms in total. The summed E-state index contributed by atoms with van der Waals surface area (Å²) in [6, 6.07) is -0.900. The molecule has 0 spiro atoms. The largest absolute Gasteiger partial charge is 0.394 e. The average molecular weight is 1100 g/mol. The molecular formula is C58H103NO18. The molecule has 3 heterocycles. The molecule has 0 radical (unpaired) electrons. The van der Waals surface area contributed by atoms with E-state index in [-0.39, 0.29) is 18.9 Å². The molecule has 0 aliphatic carbocycles. The molecule has 0 saturated carbocycles. The summed E-state index contributed by atoms with van der Waals surface area (Å²) >= 11 is 0. The monoisotopic (exact) mass is 1100 g/mol. The predicted molar refractivity (Wildman–Crippen MR) is 291 cm³/mol. The van der Waals surface area contributed by atoms with Gasteiger partial charge in [-0.15, -0.1) is 0 Å². The van der Waals surface area contributed by atoms with Gasteiger partial charge < -0.3 is 89.9 Å². The first-order valence-corrected chi connectivity index (χ1v) is 29.4. The van der Waals surface area contributed by atoms with Gasteiger partial charge in [0.15, 0.2) is 18.9 Å². The van der Waals surface area contributed by atoms with Crippen molar-refractivity contribution in [2.24, 2.45) is 0 Å². The number of ether oxygens (including phenoxy) is 6. The number of hydrogen-bond acceptors (Lipinski definition) is 18. The molecule has 3 aliphatic rings. The minimum absolute atomic E-state index is 0.237. The fourth-order valence-corrected chi connectivity index (χ4v) is 9.83. The fourth-order valence-electron chi connectivity index (χ4n) is 9.83. The van der Waals surface area contributed by atoms with Crippen LogP contribution in [0.25, 0.3) is 0 Å². The van der Waals surface area contributed by atoms with Crippen molar-refractivity contribution < 1.29 is 89.4 Å². The summed E-state index contributed by atoms with van der Waals surface area (Å²) in [7, 11) is 0. The van der Waals surface area contributed by atoms with Crippen LogP contribution in [0.3, 0.4) is 0 Å². The molecule has 3 aliphatic heterocycles. The highest BCUT2D eigenvalue weighted by Crippen LogP contribution is 2.33. The first kappa shape index (κ1) is 69.0. The second kappa shape index (κ2) is 41.7. The lowest BCUT2D eigenvalue weighted by molar-refractivity contribution is -0.379. The third-order valence-electron chi connectivity index (χ3n) is 14.7. The molecule has 3 saturated heterocycles. The van der Waals surface area contributed by atoms with E-state index in [1.54, 1.807) is 0 Å². The molecule has 0 aromatic heterocycles. The van der Waals surface area contributed by atoms with Crippen LogP contribution in [-0.4, -0.2) is 193 Å². The van der Waals surface area contributed by atoms with Crippen LogP contribution in [0.2, 0.25) is 0 Å². The molecule has 19 heteroatoms. The number of nitrogens with one attached hydrogen (secondary N) is 1. The summed E-state index contributed by atoms with van der Waals surface area (Å²) < 4.78 is 34.3. The van der Waals surface area contributed by atoms with Gasteiger partial charge in [-0.2, -0.15) is 0 Å². The first-order valence-electron chi connectivity index (χ1n) is 29.4. The number of aliphatic hydroxyl groups is 11. The zero-order valence-corrected chi connectivity index (χ0v) is 46.4. The maximum Gasteiger partial charge on any atom is 0.220 e. The van der Waals surface area contributed by atoms with Crippen LogP contribution in [0, 0.1) is 0 Å². The number of hydrogen-bond donors (Lipinski definition) is 12. The zero-order valence-electron chi connectivity index (χ0n) is 46.4. The van der Waals surface area contributed by atoms with Crippen molar-refractivity contribution in [3.63, 3.8) is 0 Å². The summed E-state index contributed by atoms with van der Waals surface area (Å²) in [5.74, 6) is -0.268. The Labute approximate surface area is 459 Å². The number of allylic oxidation sites excluding steroid dienone is 8. The molecule has 17 unspecified atom stereocenters. The van der Waals surface area contributed by atoms with Crippen molar-refractivity contribution in [3.8, 4) is 0 Å². The molecule has 1 amide bonds. The number of carbonyl (C=O) groups excluding carboxylic acids is 1. The van der Waals surface area contributed by atoms with Crippen molar-refractivity contribution in [2.45, 2.75) is 285 Å². The van der Waals surface area contributed by atoms with E-state index >= 15 is 0 Å². The highest BCUT2D eigenvalue weighted by molar-refractivity contribution is 5.76. The van der Waals surface area contributed by atoms with Gasteiger partial charge >= 0.3 is 0 Å². The van der Waals surface area contributed by atoms with Crippen LogP contribution in [0.4, 0.5) is 0 Å². The molecule has 3 rings (SSSR count). The third kappa shape index (κ3) is 26.0. The highest BCUT2D eigenvalue weighted by atomic mass is 16.8. The van der Waals surface area contributed by atoms with E-state index in [1.807, 2.05) is 0 Å². The summed E-state index contributed by atoms with van der Waals surface area (Å²) in [6.07, 6.45) is 17.6. The lowest BCUT2D eigenvalue weighted by Crippen LogP contribution is -2.66. The van der Waals surface area contributed by atoms with E-state index in [9.17, 15) is 61.0 Å². The molecule has 0 aromatic carbocycles. The quantitative estimate of drug-likeness (QED) is 0.0291. The van der Waals surface area contributed by atoms with Crippen LogP contribution < -0.4 is 5.32 Å². The van der Waals surface area contributed by atoms with Gasteiger partial charge in [0.05, 0.1) is 38.6 Å². The Bertz CT molecular complexity index is 1600. The minimum Gasteiger partial charge on any atom is -0.394 e. The Morgan fingerprint density at radius 3 is 1.40 bits per heavy atom. The van der Waals surface area contributed by atoms with Gasteiger partial charge in [0, 0.05) is 6.42 Å². The van der Waals surface area contributed by atoms with Gasteiger partial charge in [-0.25, -0.2) is 0 Å². The van der Waals surface area contributed by atoms with Gasteiger partial charge in [0.25, 0.3) is 0 Å². The number of carbonyl (C=O) groups is 1. The summed E-state index contributed by atoms with van der Waals surface area (Å²) in [4.78, 5) is 13.3. The normalized spacial score (nSPS) is 31.1. The molecule has 12 N–H and O–H groups in total. The Hall–Kier alpha value is -2.25. The lowest BCUT2D eigenvalue weighted by Gasteiger charge is -2.48. The summed E-state index contributed by atoms with van der Waals surface area (Å²) in [5.41, 5.74) is 0. The van der Waals surface area contributed by atoms with E-state index in [4.69, 9.17) is 28.4 Å². The van der Waals surface area contributed by atoms with Gasteiger partial charge in [-0.3, -0.25) is 4.79 Å². The topological polar surface area (TPSA) is 307 Å². The van der Waals surface area contributed by atoms with Crippen molar-refractivity contribution in [3.05, 3.63) is 48.6 Å². The Balaban J connectivity index is 1.52. The minimum atomic E-state index is -1.98. The van der Waals surface area contributed by atoms with E-state index in [0.717, 1.165) is 77.0 Å². The maximum atomic E-state index is 13.3. The third-order valence-corrected chi connectivity index (χ3v) is 14.7. The van der Waals surface area contributed by atoms with E-state index < -0.39 is 124 Å². The molecule has 0 bridgehead atoms. The summed E-state index contributed by atoms with van der Waals surface area (Å²) in [5, 5.41) is 120. The van der Waals surface area contributed by atoms with Gasteiger partial charge in [-0.1, -0.05) is 172 Å². The van der Waals surface area contributed by atoms with Gasteiger partial charge in [0.2, 0.25) is 5.91 Å². The van der Waals surface area contributed by atoms with Crippen LogP contribution >= 0.6 is 0 Å². The van der Waals surface area contributed by atoms with Crippen molar-refractivity contribution in [2.75, 3.05) is 26.4 Å². The molecule has 3 fully saturated rings. The number of unbranched alkanes of at least 4 members (excludes halogenated alkanes) is 18. The van der Waals surface area contributed by atoms with Crippen LogP contribution in [0.1, 0.15) is 181 Å². The van der Waals surface area contributed by atoms with Gasteiger partial charge in [-0.05, 0) is 51.4 Å². The van der Waals surface area contributed by atoms with Crippen LogP contribution in [0.15, 0.2) is 48.6 Å². The van der Waals surface area contributed by atoms with Crippen molar-refractivity contribution in [1.82, 2.24) is 5.32 Å². The van der Waals surface area contributed by atoms with Crippen molar-refractivity contribution >= 4 is 5.91 Å². The average Bonchev–Trinajstić information content (AvgIpc) is 3.44. The molecule has 17 atom stereocenters. The van der Waals surface area contributed by atoms with E-state index in [2.05, 4.69) is 67.8 Å². The second-order valence-corrected chi connectivity index (χ2v) is 21.1. The van der Waals surface area contributed by atoms with Gasteiger partial charge in [0.1, 0.15) is 73.2 Å². The van der Waals surface area contributed by atoms with E-state index in [0.29, 0.717) is 12.8 Å². The number of rotatable bonds is 42. The molecule has 77 heavy (non-hydrogen) atoms. The van der Waals surface area contributed by atoms with Crippen molar-refractivity contribution in [1.29, 1.82) is 0 Å². The SMILES string of the molecule is CC/C=C\C/C=C\C/C=C\C/C=C\CCCCCCC(=O)NC(COC1OC(CO)C(OC2OC(CO)C(OC3OC(CO)C(O)C(O)C3O)C(O)C2O)C(O)C1O)C(O)CCCCCCCCCCCCCCCCC. The maximum absolute atomic E-state index is 13.3. The first-order chi connectivity index (χ1) is 37.3. The Kier molecular flexibility index (Phi) is 37.4. The molecule has 448 valence electrons. The molecular weight excluding hydrogens is 999 g/mol. The smallest absolute Gasteiger partial charge is 0.220 e. The zero-order chi connectivity index (χ0) is 56.2. The lowest BCUT2D eigenvalue weighted by atomic mass is 9.96. The number of amides is 1. The fraction of sp³-hybridized carbons (Fsp3) is 0.845. The van der Waals surface area contributed by atoms with Crippen LogP contribution in [0.5, 0.6) is 0 Å². The highest BCUT2D eigenvalue weighted by Gasteiger charge is 2.53. The standard InChI is InChI=1S/C58H103NO18/c1-3-5-7-9-11-13-15-17-19-20-22-24-26-28-30-32-34-36-46(64)59-41(42(63)35-33-31-29-27-25-23-21-18-16-14-12-10-8-6-4-2)40-72-56-52(70)49(67)54(44(38-61)74-56)77-58-53(71)50(68)55(45(39-62)75-58)76-57-51(69)48(66)47(65)43(37-60)73-57/h5,7,11,13,17,19,22,24,41-45,47-58,60-63,65-71H,3-4,6,8-10,12,14-16,18,20-21,23,25-40H2,1-2H3,(H,59,64)/b7-5-,13-11-,19-17-,24-22-. The summed E-state index contributed by atoms with van der Waals surface area (Å²) in [6.45, 7) is 1.64. The van der Waals surface area contributed by atoms with E-state index in [1.165, 1.54) is 70.6 Å². The number of aliphatic hydroxyl groups excluding tert-OH is 11. The molecule has 0 aromatic rings.